The summed E-state index contributed by atoms with van der Waals surface area (Å²) in [6.45, 7) is 6.69. The molecule has 212 valence electrons. The molecule has 5 nitrogen and oxygen atoms in total. The Balaban J connectivity index is 1.36. The van der Waals surface area contributed by atoms with Crippen LogP contribution in [0, 0.1) is 11.8 Å². The van der Waals surface area contributed by atoms with Crippen LogP contribution in [-0.4, -0.2) is 18.5 Å². The zero-order chi connectivity index (χ0) is 27.7. The van der Waals surface area contributed by atoms with Crippen molar-refractivity contribution < 1.29 is 23.8 Å². The number of allylic oxidation sites excluding steroid dienone is 1. The maximum absolute atomic E-state index is 12.7. The Bertz CT molecular complexity index is 987. The first-order valence-corrected chi connectivity index (χ1v) is 15.0. The van der Waals surface area contributed by atoms with Crippen molar-refractivity contribution in [2.75, 3.05) is 6.61 Å². The minimum Gasteiger partial charge on any atom is -0.494 e. The van der Waals surface area contributed by atoms with E-state index in [4.69, 9.17) is 14.2 Å². The number of hydrogen-bond acceptors (Lipinski definition) is 5. The SMILES string of the molecule is C=CCCCCC1CCC(C(=O)Oc2ccc(OC(=O)c3ccc(OCCCCCCCC)cc3)cc2)CC1. The molecule has 0 aromatic heterocycles. The number of benzene rings is 2. The third-order valence-corrected chi connectivity index (χ3v) is 7.56. The van der Waals surface area contributed by atoms with Gasteiger partial charge in [-0.1, -0.05) is 57.9 Å². The zero-order valence-electron chi connectivity index (χ0n) is 23.7. The highest BCUT2D eigenvalue weighted by molar-refractivity contribution is 5.91. The Morgan fingerprint density at radius 3 is 2.05 bits per heavy atom. The summed E-state index contributed by atoms with van der Waals surface area (Å²) in [6.07, 6.45) is 18.0. The van der Waals surface area contributed by atoms with Crippen molar-refractivity contribution in [2.45, 2.75) is 96.8 Å². The maximum Gasteiger partial charge on any atom is 0.343 e. The number of unbranched alkanes of at least 4 members (excludes halogenated alkanes) is 7. The number of hydrogen-bond donors (Lipinski definition) is 0. The third kappa shape index (κ3) is 11.3. The van der Waals surface area contributed by atoms with E-state index in [-0.39, 0.29) is 11.9 Å². The summed E-state index contributed by atoms with van der Waals surface area (Å²) in [5, 5.41) is 0. The van der Waals surface area contributed by atoms with Gasteiger partial charge in [0.1, 0.15) is 17.2 Å². The van der Waals surface area contributed by atoms with Gasteiger partial charge in [0.25, 0.3) is 0 Å². The van der Waals surface area contributed by atoms with Gasteiger partial charge in [0, 0.05) is 0 Å². The first-order valence-electron chi connectivity index (χ1n) is 15.0. The minimum absolute atomic E-state index is 0.0373. The monoisotopic (exact) mass is 534 g/mol. The first-order chi connectivity index (χ1) is 19.1. The quantitative estimate of drug-likeness (QED) is 0.0876. The number of carbonyl (C=O) groups is 2. The fraction of sp³-hybridized carbons (Fsp3) is 0.529. The van der Waals surface area contributed by atoms with E-state index in [1.54, 1.807) is 48.5 Å². The molecule has 0 atom stereocenters. The molecule has 3 rings (SSSR count). The highest BCUT2D eigenvalue weighted by Gasteiger charge is 2.27. The smallest absolute Gasteiger partial charge is 0.343 e. The molecular weight excluding hydrogens is 488 g/mol. The van der Waals surface area contributed by atoms with Gasteiger partial charge >= 0.3 is 11.9 Å². The molecule has 0 saturated heterocycles. The van der Waals surface area contributed by atoms with Gasteiger partial charge in [0.05, 0.1) is 18.1 Å². The molecule has 1 saturated carbocycles. The molecule has 0 N–H and O–H groups in total. The van der Waals surface area contributed by atoms with Gasteiger partial charge in [-0.3, -0.25) is 4.79 Å². The van der Waals surface area contributed by atoms with Crippen LogP contribution in [-0.2, 0) is 4.79 Å². The third-order valence-electron chi connectivity index (χ3n) is 7.56. The first kappa shape index (κ1) is 30.5. The van der Waals surface area contributed by atoms with Gasteiger partial charge in [0.15, 0.2) is 0 Å². The molecule has 0 unspecified atom stereocenters. The van der Waals surface area contributed by atoms with Gasteiger partial charge in [-0.05, 0) is 99.4 Å². The van der Waals surface area contributed by atoms with Gasteiger partial charge in [-0.15, -0.1) is 6.58 Å². The molecule has 2 aromatic rings. The number of rotatable bonds is 17. The average molecular weight is 535 g/mol. The Labute approximate surface area is 234 Å². The Kier molecular flexibility index (Phi) is 13.7. The average Bonchev–Trinajstić information content (AvgIpc) is 2.96. The van der Waals surface area contributed by atoms with Crippen LogP contribution in [0.25, 0.3) is 0 Å². The van der Waals surface area contributed by atoms with Crippen molar-refractivity contribution in [1.29, 1.82) is 0 Å². The predicted octanol–water partition coefficient (Wildman–Crippen LogP) is 9.10. The summed E-state index contributed by atoms with van der Waals surface area (Å²) in [7, 11) is 0. The lowest BCUT2D eigenvalue weighted by Gasteiger charge is -2.27. The van der Waals surface area contributed by atoms with E-state index in [0.717, 1.165) is 50.2 Å². The summed E-state index contributed by atoms with van der Waals surface area (Å²) in [6, 6.07) is 13.7. The molecule has 1 aliphatic rings. The van der Waals surface area contributed by atoms with Crippen molar-refractivity contribution in [1.82, 2.24) is 0 Å². The van der Waals surface area contributed by atoms with E-state index in [2.05, 4.69) is 13.5 Å². The van der Waals surface area contributed by atoms with Gasteiger partial charge in [0.2, 0.25) is 0 Å². The van der Waals surface area contributed by atoms with Crippen LogP contribution in [0.4, 0.5) is 0 Å². The fourth-order valence-corrected chi connectivity index (χ4v) is 5.11. The lowest BCUT2D eigenvalue weighted by atomic mass is 9.80. The number of ether oxygens (including phenoxy) is 3. The molecule has 0 bridgehead atoms. The van der Waals surface area contributed by atoms with Crippen molar-refractivity contribution in [3.63, 3.8) is 0 Å². The lowest BCUT2D eigenvalue weighted by Crippen LogP contribution is -2.25. The molecule has 2 aromatic carbocycles. The second-order valence-electron chi connectivity index (χ2n) is 10.7. The van der Waals surface area contributed by atoms with Crippen LogP contribution in [0.15, 0.2) is 61.2 Å². The summed E-state index contributed by atoms with van der Waals surface area (Å²) in [4.78, 5) is 25.2. The molecule has 0 radical (unpaired) electrons. The van der Waals surface area contributed by atoms with Crippen LogP contribution in [0.2, 0.25) is 0 Å². The highest BCUT2D eigenvalue weighted by atomic mass is 16.5. The van der Waals surface area contributed by atoms with Crippen molar-refractivity contribution in [3.8, 4) is 17.2 Å². The lowest BCUT2D eigenvalue weighted by molar-refractivity contribution is -0.140. The molecule has 1 fully saturated rings. The van der Waals surface area contributed by atoms with Crippen LogP contribution in [0.3, 0.4) is 0 Å². The standard InChI is InChI=1S/C34H46O5/c1-3-5-7-9-10-12-26-37-30-20-18-29(19-21-30)34(36)39-32-24-22-31(23-25-32)38-33(35)28-16-14-27(15-17-28)13-11-8-6-4-2/h4,18-25,27-28H,2-3,5-17,26H2,1H3. The molecule has 39 heavy (non-hydrogen) atoms. The summed E-state index contributed by atoms with van der Waals surface area (Å²) >= 11 is 0. The molecular formula is C34H46O5. The van der Waals surface area contributed by atoms with E-state index in [1.807, 2.05) is 6.08 Å². The van der Waals surface area contributed by atoms with Crippen LogP contribution in [0.5, 0.6) is 17.2 Å². The molecule has 0 heterocycles. The topological polar surface area (TPSA) is 61.8 Å². The normalized spacial score (nSPS) is 16.8. The van der Waals surface area contributed by atoms with E-state index < -0.39 is 5.97 Å². The van der Waals surface area contributed by atoms with Crippen molar-refractivity contribution in [3.05, 3.63) is 66.7 Å². The van der Waals surface area contributed by atoms with E-state index in [9.17, 15) is 9.59 Å². The Morgan fingerprint density at radius 1 is 0.769 bits per heavy atom. The van der Waals surface area contributed by atoms with Gasteiger partial charge in [-0.2, -0.15) is 0 Å². The second kappa shape index (κ2) is 17.5. The molecule has 0 aliphatic heterocycles. The van der Waals surface area contributed by atoms with Gasteiger partial charge < -0.3 is 14.2 Å². The fourth-order valence-electron chi connectivity index (χ4n) is 5.11. The number of esters is 2. The van der Waals surface area contributed by atoms with Crippen molar-refractivity contribution >= 4 is 11.9 Å². The Hall–Kier alpha value is -3.08. The molecule has 1 aliphatic carbocycles. The molecule has 0 amide bonds. The van der Waals surface area contributed by atoms with E-state index in [0.29, 0.717) is 23.7 Å². The largest absolute Gasteiger partial charge is 0.494 e. The van der Waals surface area contributed by atoms with Crippen LogP contribution in [0.1, 0.15) is 107 Å². The second-order valence-corrected chi connectivity index (χ2v) is 10.7. The van der Waals surface area contributed by atoms with Gasteiger partial charge in [-0.25, -0.2) is 4.79 Å². The summed E-state index contributed by atoms with van der Waals surface area (Å²) in [5.74, 6) is 1.71. The number of carbonyl (C=O) groups excluding carboxylic acids is 2. The zero-order valence-corrected chi connectivity index (χ0v) is 23.7. The minimum atomic E-state index is -0.441. The summed E-state index contributed by atoms with van der Waals surface area (Å²) < 4.78 is 16.9. The van der Waals surface area contributed by atoms with Crippen LogP contribution >= 0.6 is 0 Å². The van der Waals surface area contributed by atoms with Crippen LogP contribution < -0.4 is 14.2 Å². The van der Waals surface area contributed by atoms with Crippen molar-refractivity contribution in [2.24, 2.45) is 11.8 Å². The Morgan fingerprint density at radius 2 is 1.38 bits per heavy atom. The predicted molar refractivity (Wildman–Crippen MR) is 156 cm³/mol. The molecule has 5 heteroatoms. The highest BCUT2D eigenvalue weighted by Crippen LogP contribution is 2.33. The molecule has 0 spiro atoms. The van der Waals surface area contributed by atoms with E-state index in [1.165, 1.54) is 51.4 Å². The van der Waals surface area contributed by atoms with E-state index >= 15 is 0 Å². The summed E-state index contributed by atoms with van der Waals surface area (Å²) in [5.41, 5.74) is 0.453. The maximum atomic E-state index is 12.7.